The average Bonchev–Trinajstić information content (AvgIpc) is 2.51. The van der Waals surface area contributed by atoms with Gasteiger partial charge >= 0.3 is 0 Å². The minimum atomic E-state index is 0.216. The summed E-state index contributed by atoms with van der Waals surface area (Å²) in [6.45, 7) is 6.67. The Labute approximate surface area is 83.6 Å². The van der Waals surface area contributed by atoms with E-state index >= 15 is 0 Å². The summed E-state index contributed by atoms with van der Waals surface area (Å²) in [5.74, 6) is 0. The van der Waals surface area contributed by atoms with Gasteiger partial charge in [-0.3, -0.25) is 0 Å². The van der Waals surface area contributed by atoms with Gasteiger partial charge in [0.25, 0.3) is 0 Å². The van der Waals surface area contributed by atoms with E-state index in [9.17, 15) is 0 Å². The first-order valence-electron chi connectivity index (χ1n) is 4.36. The molecular weight excluding hydrogens is 186 g/mol. The molecule has 0 amide bonds. The van der Waals surface area contributed by atoms with Crippen LogP contribution in [0.15, 0.2) is 29.4 Å². The van der Waals surface area contributed by atoms with Crippen molar-refractivity contribution in [2.45, 2.75) is 19.4 Å². The Kier molecular flexibility index (Phi) is 4.06. The third kappa shape index (κ3) is 2.61. The van der Waals surface area contributed by atoms with Crippen LogP contribution < -0.4 is 5.32 Å². The van der Waals surface area contributed by atoms with E-state index in [-0.39, 0.29) is 6.04 Å². The molecule has 2 nitrogen and oxygen atoms in total. The minimum absolute atomic E-state index is 0.216. The van der Waals surface area contributed by atoms with Gasteiger partial charge in [0.2, 0.25) is 0 Å². The predicted octanol–water partition coefficient (Wildman–Crippen LogP) is 3.16. The molecule has 1 heterocycles. The highest BCUT2D eigenvalue weighted by Crippen LogP contribution is 2.26. The van der Waals surface area contributed by atoms with Gasteiger partial charge < -0.3 is 9.73 Å². The number of rotatable bonds is 5. The molecule has 0 bridgehead atoms. The summed E-state index contributed by atoms with van der Waals surface area (Å²) in [5.41, 5.74) is 1.00. The van der Waals surface area contributed by atoms with Crippen molar-refractivity contribution in [3.63, 3.8) is 0 Å². The van der Waals surface area contributed by atoms with E-state index in [4.69, 9.17) is 16.0 Å². The van der Waals surface area contributed by atoms with Crippen molar-refractivity contribution in [1.82, 2.24) is 5.32 Å². The molecule has 0 spiro atoms. The molecule has 1 unspecified atom stereocenters. The molecule has 0 aliphatic heterocycles. The molecule has 1 N–H and O–H groups in total. The monoisotopic (exact) mass is 199 g/mol. The molecule has 1 aromatic heterocycles. The Balaban J connectivity index is 2.74. The second-order valence-corrected chi connectivity index (χ2v) is 3.13. The number of hydrogen-bond donors (Lipinski definition) is 1. The summed E-state index contributed by atoms with van der Waals surface area (Å²) < 4.78 is 5.03. The summed E-state index contributed by atoms with van der Waals surface area (Å²) in [7, 11) is 0. The van der Waals surface area contributed by atoms with Crippen molar-refractivity contribution in [2.75, 3.05) is 6.54 Å². The molecule has 0 saturated carbocycles. The van der Waals surface area contributed by atoms with Gasteiger partial charge in [0.1, 0.15) is 0 Å². The van der Waals surface area contributed by atoms with Gasteiger partial charge in [-0.2, -0.15) is 0 Å². The predicted molar refractivity (Wildman–Crippen MR) is 54.9 cm³/mol. The van der Waals surface area contributed by atoms with Gasteiger partial charge in [-0.25, -0.2) is 0 Å². The van der Waals surface area contributed by atoms with Crippen molar-refractivity contribution >= 4 is 11.6 Å². The van der Waals surface area contributed by atoms with Crippen LogP contribution in [0.5, 0.6) is 0 Å². The van der Waals surface area contributed by atoms with Crippen molar-refractivity contribution in [2.24, 2.45) is 0 Å². The second-order valence-electron chi connectivity index (χ2n) is 2.78. The maximum Gasteiger partial charge on any atom is 0.197 e. The lowest BCUT2D eigenvalue weighted by Crippen LogP contribution is -2.19. The zero-order valence-corrected chi connectivity index (χ0v) is 8.47. The van der Waals surface area contributed by atoms with Crippen LogP contribution in [0.1, 0.15) is 24.9 Å². The lowest BCUT2D eigenvalue weighted by Gasteiger charge is -2.14. The van der Waals surface area contributed by atoms with E-state index in [1.54, 1.807) is 6.26 Å². The lowest BCUT2D eigenvalue weighted by atomic mass is 10.1. The van der Waals surface area contributed by atoms with Gasteiger partial charge in [-0.15, -0.1) is 6.58 Å². The van der Waals surface area contributed by atoms with Gasteiger partial charge in [0, 0.05) is 11.6 Å². The van der Waals surface area contributed by atoms with Crippen LogP contribution in [0.3, 0.4) is 0 Å². The highest BCUT2D eigenvalue weighted by atomic mass is 35.5. The summed E-state index contributed by atoms with van der Waals surface area (Å²) in [6.07, 6.45) is 4.33. The summed E-state index contributed by atoms with van der Waals surface area (Å²) in [5, 5.41) is 3.78. The van der Waals surface area contributed by atoms with Crippen LogP contribution in [0.2, 0.25) is 5.22 Å². The minimum Gasteiger partial charge on any atom is -0.453 e. The lowest BCUT2D eigenvalue weighted by molar-refractivity contribution is 0.531. The first-order chi connectivity index (χ1) is 6.29. The molecule has 0 saturated heterocycles. The Hall–Kier alpha value is -0.730. The molecule has 0 aromatic carbocycles. The van der Waals surface area contributed by atoms with E-state index in [0.717, 1.165) is 18.5 Å². The quantitative estimate of drug-likeness (QED) is 0.737. The van der Waals surface area contributed by atoms with Crippen molar-refractivity contribution in [3.8, 4) is 0 Å². The SMILES string of the molecule is C=CCC(NCC)c1ccoc1Cl. The summed E-state index contributed by atoms with van der Waals surface area (Å²) in [6, 6.07) is 2.10. The number of hydrogen-bond acceptors (Lipinski definition) is 2. The molecule has 13 heavy (non-hydrogen) atoms. The molecule has 1 aromatic rings. The fraction of sp³-hybridized carbons (Fsp3) is 0.400. The van der Waals surface area contributed by atoms with Crippen molar-refractivity contribution in [3.05, 3.63) is 35.8 Å². The largest absolute Gasteiger partial charge is 0.453 e. The zero-order valence-electron chi connectivity index (χ0n) is 7.72. The third-order valence-electron chi connectivity index (χ3n) is 1.87. The standard InChI is InChI=1S/C10H14ClNO/c1-3-5-9(12-4-2)8-6-7-13-10(8)11/h3,6-7,9,12H,1,4-5H2,2H3. The Morgan fingerprint density at radius 2 is 2.54 bits per heavy atom. The van der Waals surface area contributed by atoms with Crippen LogP contribution in [0.4, 0.5) is 0 Å². The maximum absolute atomic E-state index is 5.87. The molecule has 0 radical (unpaired) electrons. The van der Waals surface area contributed by atoms with E-state index in [2.05, 4.69) is 18.8 Å². The van der Waals surface area contributed by atoms with E-state index in [0.29, 0.717) is 5.22 Å². The molecule has 1 rings (SSSR count). The van der Waals surface area contributed by atoms with Crippen LogP contribution in [0.25, 0.3) is 0 Å². The van der Waals surface area contributed by atoms with Gasteiger partial charge in [0.15, 0.2) is 5.22 Å². The average molecular weight is 200 g/mol. The molecule has 0 aliphatic rings. The van der Waals surface area contributed by atoms with Gasteiger partial charge in [-0.1, -0.05) is 13.0 Å². The zero-order chi connectivity index (χ0) is 9.68. The fourth-order valence-electron chi connectivity index (χ4n) is 1.29. The Bertz CT molecular complexity index is 270. The molecule has 3 heteroatoms. The van der Waals surface area contributed by atoms with Crippen LogP contribution in [-0.4, -0.2) is 6.54 Å². The first-order valence-corrected chi connectivity index (χ1v) is 4.74. The van der Waals surface area contributed by atoms with Gasteiger partial charge in [-0.05, 0) is 30.6 Å². The molecule has 1 atom stereocenters. The number of halogens is 1. The number of nitrogens with one attached hydrogen (secondary N) is 1. The summed E-state index contributed by atoms with van der Waals surface area (Å²) in [4.78, 5) is 0. The molecule has 0 aliphatic carbocycles. The maximum atomic E-state index is 5.87. The van der Waals surface area contributed by atoms with Crippen molar-refractivity contribution in [1.29, 1.82) is 0 Å². The first kappa shape index (κ1) is 10.4. The normalized spacial score (nSPS) is 12.8. The highest BCUT2D eigenvalue weighted by molar-refractivity contribution is 6.29. The second kappa shape index (κ2) is 5.10. The van der Waals surface area contributed by atoms with Crippen LogP contribution >= 0.6 is 11.6 Å². The van der Waals surface area contributed by atoms with E-state index < -0.39 is 0 Å². The smallest absolute Gasteiger partial charge is 0.197 e. The molecule has 72 valence electrons. The summed E-state index contributed by atoms with van der Waals surface area (Å²) >= 11 is 5.87. The van der Waals surface area contributed by atoms with E-state index in [1.807, 2.05) is 12.1 Å². The Morgan fingerprint density at radius 1 is 1.77 bits per heavy atom. The fourth-order valence-corrected chi connectivity index (χ4v) is 1.53. The van der Waals surface area contributed by atoms with Crippen LogP contribution in [0, 0.1) is 0 Å². The Morgan fingerprint density at radius 3 is 3.00 bits per heavy atom. The number of furan rings is 1. The molecule has 0 fully saturated rings. The van der Waals surface area contributed by atoms with Crippen LogP contribution in [-0.2, 0) is 0 Å². The molecular formula is C10H14ClNO. The van der Waals surface area contributed by atoms with Crippen molar-refractivity contribution < 1.29 is 4.42 Å². The highest BCUT2D eigenvalue weighted by Gasteiger charge is 2.13. The third-order valence-corrected chi connectivity index (χ3v) is 2.18. The van der Waals surface area contributed by atoms with Gasteiger partial charge in [0.05, 0.1) is 6.26 Å². The van der Waals surface area contributed by atoms with E-state index in [1.165, 1.54) is 0 Å². The topological polar surface area (TPSA) is 25.2 Å².